The predicted octanol–water partition coefficient (Wildman–Crippen LogP) is 3.78. The number of hydrogen-bond acceptors (Lipinski definition) is 3. The third-order valence-corrected chi connectivity index (χ3v) is 3.34. The van der Waals surface area contributed by atoms with Gasteiger partial charge in [0.05, 0.1) is 5.69 Å². The summed E-state index contributed by atoms with van der Waals surface area (Å²) in [4.78, 5) is 16.1. The van der Waals surface area contributed by atoms with Gasteiger partial charge >= 0.3 is 0 Å². The molecular weight excluding hydrogens is 276 g/mol. The third kappa shape index (κ3) is 2.87. The summed E-state index contributed by atoms with van der Waals surface area (Å²) in [7, 11) is 0. The second-order valence-corrected chi connectivity index (χ2v) is 4.77. The second-order valence-electron chi connectivity index (χ2n) is 4.77. The van der Waals surface area contributed by atoms with Crippen LogP contribution in [0.25, 0.3) is 11.1 Å². The number of rotatable bonds is 3. The quantitative estimate of drug-likeness (QED) is 0.590. The van der Waals surface area contributed by atoms with E-state index in [-0.39, 0.29) is 0 Å². The number of anilines is 1. The van der Waals surface area contributed by atoms with E-state index in [2.05, 4.69) is 4.98 Å². The van der Waals surface area contributed by atoms with Crippen molar-refractivity contribution >= 4 is 11.6 Å². The molecule has 0 aliphatic heterocycles. The fourth-order valence-electron chi connectivity index (χ4n) is 2.16. The van der Waals surface area contributed by atoms with E-state index in [0.29, 0.717) is 16.3 Å². The molecule has 0 aliphatic rings. The van der Waals surface area contributed by atoms with Crippen LogP contribution in [0.5, 0.6) is 0 Å². The number of benzene rings is 2. The molecule has 0 radical (unpaired) electrons. The topological polar surface area (TPSA) is 53.4 Å². The maximum Gasteiger partial charge on any atom is 0.281 e. The van der Waals surface area contributed by atoms with E-state index >= 15 is 0 Å². The van der Waals surface area contributed by atoms with Crippen molar-refractivity contribution in [3.05, 3.63) is 84.7 Å². The molecule has 1 amide bonds. The number of pyridine rings is 1. The first-order valence-electron chi connectivity index (χ1n) is 6.84. The van der Waals surface area contributed by atoms with Gasteiger partial charge in [0.25, 0.3) is 5.91 Å². The van der Waals surface area contributed by atoms with Gasteiger partial charge in [-0.3, -0.25) is 15.0 Å². The van der Waals surface area contributed by atoms with Crippen LogP contribution >= 0.6 is 0 Å². The SMILES string of the molecule is O=C(c1ccccc1)N(O)c1ccc(-c2ccncc2)cc1. The maximum atomic E-state index is 12.2. The van der Waals surface area contributed by atoms with Crippen LogP contribution in [0.2, 0.25) is 0 Å². The summed E-state index contributed by atoms with van der Waals surface area (Å²) < 4.78 is 0. The van der Waals surface area contributed by atoms with E-state index < -0.39 is 5.91 Å². The molecular formula is C18H14N2O2. The molecule has 108 valence electrons. The molecule has 4 nitrogen and oxygen atoms in total. The van der Waals surface area contributed by atoms with Gasteiger partial charge in [0.2, 0.25) is 0 Å². The molecule has 0 fully saturated rings. The molecule has 0 bridgehead atoms. The van der Waals surface area contributed by atoms with Crippen LogP contribution in [0.1, 0.15) is 10.4 Å². The van der Waals surface area contributed by atoms with Crippen LogP contribution in [0.3, 0.4) is 0 Å². The van der Waals surface area contributed by atoms with Crippen LogP contribution in [-0.2, 0) is 0 Å². The van der Waals surface area contributed by atoms with Crippen molar-refractivity contribution in [3.63, 3.8) is 0 Å². The average molecular weight is 290 g/mol. The van der Waals surface area contributed by atoms with Crippen molar-refractivity contribution in [1.29, 1.82) is 0 Å². The van der Waals surface area contributed by atoms with Crippen molar-refractivity contribution in [2.45, 2.75) is 0 Å². The standard InChI is InChI=1S/C18H14N2O2/c21-18(16-4-2-1-3-5-16)20(22)17-8-6-14(7-9-17)15-10-12-19-13-11-15/h1-13,22H. The molecule has 1 aromatic heterocycles. The Labute approximate surface area is 128 Å². The molecule has 0 saturated heterocycles. The lowest BCUT2D eigenvalue weighted by atomic mass is 10.1. The van der Waals surface area contributed by atoms with Gasteiger partial charge in [0, 0.05) is 18.0 Å². The number of amides is 1. The van der Waals surface area contributed by atoms with Gasteiger partial charge in [0.15, 0.2) is 0 Å². The minimum atomic E-state index is -0.461. The van der Waals surface area contributed by atoms with Gasteiger partial charge < -0.3 is 0 Å². The summed E-state index contributed by atoms with van der Waals surface area (Å²) in [6, 6.07) is 19.6. The van der Waals surface area contributed by atoms with Crippen LogP contribution in [0, 0.1) is 0 Å². The molecule has 0 unspecified atom stereocenters. The molecule has 3 aromatic rings. The third-order valence-electron chi connectivity index (χ3n) is 3.34. The number of hydrogen-bond donors (Lipinski definition) is 1. The molecule has 22 heavy (non-hydrogen) atoms. The summed E-state index contributed by atoms with van der Waals surface area (Å²) in [5.74, 6) is -0.461. The van der Waals surface area contributed by atoms with Crippen LogP contribution < -0.4 is 5.06 Å². The van der Waals surface area contributed by atoms with Crippen molar-refractivity contribution in [2.75, 3.05) is 5.06 Å². The number of nitrogens with zero attached hydrogens (tertiary/aromatic N) is 2. The highest BCUT2D eigenvalue weighted by Crippen LogP contribution is 2.22. The number of carbonyl (C=O) groups excluding carboxylic acids is 1. The lowest BCUT2D eigenvalue weighted by Gasteiger charge is -2.15. The molecule has 0 aliphatic carbocycles. The van der Waals surface area contributed by atoms with Crippen molar-refractivity contribution in [1.82, 2.24) is 4.98 Å². The number of aromatic nitrogens is 1. The summed E-state index contributed by atoms with van der Waals surface area (Å²) in [6.07, 6.45) is 3.45. The fraction of sp³-hybridized carbons (Fsp3) is 0. The minimum absolute atomic E-state index is 0.423. The zero-order chi connectivity index (χ0) is 15.4. The Morgan fingerprint density at radius 2 is 1.41 bits per heavy atom. The monoisotopic (exact) mass is 290 g/mol. The number of carbonyl (C=O) groups is 1. The first kappa shape index (κ1) is 14.0. The van der Waals surface area contributed by atoms with Crippen molar-refractivity contribution < 1.29 is 10.0 Å². The summed E-state index contributed by atoms with van der Waals surface area (Å²) in [5, 5.41) is 10.7. The van der Waals surface area contributed by atoms with Gasteiger partial charge in [-0.15, -0.1) is 0 Å². The second kappa shape index (κ2) is 6.20. The van der Waals surface area contributed by atoms with E-state index in [1.807, 2.05) is 30.3 Å². The molecule has 0 saturated carbocycles. The summed E-state index contributed by atoms with van der Waals surface area (Å²) in [5.41, 5.74) is 2.88. The Hall–Kier alpha value is -2.98. The van der Waals surface area contributed by atoms with E-state index in [0.717, 1.165) is 11.1 Å². The fourth-order valence-corrected chi connectivity index (χ4v) is 2.16. The van der Waals surface area contributed by atoms with Crippen LogP contribution in [0.15, 0.2) is 79.1 Å². The highest BCUT2D eigenvalue weighted by Gasteiger charge is 2.15. The highest BCUT2D eigenvalue weighted by atomic mass is 16.5. The van der Waals surface area contributed by atoms with Crippen molar-refractivity contribution in [3.8, 4) is 11.1 Å². The molecule has 0 atom stereocenters. The average Bonchev–Trinajstić information content (AvgIpc) is 2.62. The lowest BCUT2D eigenvalue weighted by molar-refractivity contribution is 0.0855. The Morgan fingerprint density at radius 1 is 0.818 bits per heavy atom. The van der Waals surface area contributed by atoms with Crippen LogP contribution in [-0.4, -0.2) is 16.1 Å². The van der Waals surface area contributed by atoms with Gasteiger partial charge in [-0.1, -0.05) is 30.3 Å². The highest BCUT2D eigenvalue weighted by molar-refractivity contribution is 6.04. The lowest BCUT2D eigenvalue weighted by Crippen LogP contribution is -2.26. The smallest absolute Gasteiger partial charge is 0.281 e. The first-order chi connectivity index (χ1) is 10.8. The summed E-state index contributed by atoms with van der Waals surface area (Å²) >= 11 is 0. The van der Waals surface area contributed by atoms with Gasteiger partial charge in [-0.05, 0) is 47.5 Å². The van der Waals surface area contributed by atoms with E-state index in [1.165, 1.54) is 0 Å². The Bertz CT molecular complexity index is 756. The van der Waals surface area contributed by atoms with Gasteiger partial charge in [-0.25, -0.2) is 0 Å². The normalized spacial score (nSPS) is 10.2. The van der Waals surface area contributed by atoms with E-state index in [4.69, 9.17) is 0 Å². The van der Waals surface area contributed by atoms with Crippen molar-refractivity contribution in [2.24, 2.45) is 0 Å². The Kier molecular flexibility index (Phi) is 3.94. The molecule has 1 N–H and O–H groups in total. The molecule has 1 heterocycles. The predicted molar refractivity (Wildman–Crippen MR) is 84.7 cm³/mol. The number of hydroxylamine groups is 1. The first-order valence-corrected chi connectivity index (χ1v) is 6.84. The molecule has 3 rings (SSSR count). The maximum absolute atomic E-state index is 12.2. The van der Waals surface area contributed by atoms with E-state index in [9.17, 15) is 10.0 Å². The Morgan fingerprint density at radius 3 is 2.05 bits per heavy atom. The largest absolute Gasteiger partial charge is 0.281 e. The Balaban J connectivity index is 1.82. The molecule has 4 heteroatoms. The van der Waals surface area contributed by atoms with Gasteiger partial charge in [0.1, 0.15) is 0 Å². The zero-order valence-electron chi connectivity index (χ0n) is 11.8. The van der Waals surface area contributed by atoms with Gasteiger partial charge in [-0.2, -0.15) is 5.06 Å². The molecule has 0 spiro atoms. The van der Waals surface area contributed by atoms with E-state index in [1.54, 1.807) is 48.8 Å². The minimum Gasteiger partial charge on any atom is -0.281 e. The summed E-state index contributed by atoms with van der Waals surface area (Å²) in [6.45, 7) is 0. The zero-order valence-corrected chi connectivity index (χ0v) is 11.8. The molecule has 2 aromatic carbocycles. The van der Waals surface area contributed by atoms with Crippen LogP contribution in [0.4, 0.5) is 5.69 Å².